The van der Waals surface area contributed by atoms with Gasteiger partial charge in [-0.15, -0.1) is 0 Å². The minimum atomic E-state index is -0.760. The van der Waals surface area contributed by atoms with Crippen LogP contribution in [0.5, 0.6) is 5.75 Å². The van der Waals surface area contributed by atoms with E-state index in [1.54, 1.807) is 0 Å². The van der Waals surface area contributed by atoms with Gasteiger partial charge in [0, 0.05) is 0 Å². The van der Waals surface area contributed by atoms with E-state index in [0.717, 1.165) is 0 Å². The van der Waals surface area contributed by atoms with Gasteiger partial charge in [-0.25, -0.2) is 0 Å². The zero-order valence-electron chi connectivity index (χ0n) is 7.69. The summed E-state index contributed by atoms with van der Waals surface area (Å²) < 4.78 is 4.87. The fourth-order valence-corrected chi connectivity index (χ4v) is 1.58. The van der Waals surface area contributed by atoms with Crippen LogP contribution in [0.2, 0.25) is 0 Å². The molecule has 0 fully saturated rings. The van der Waals surface area contributed by atoms with E-state index in [4.69, 9.17) is 10.5 Å². The predicted octanol–water partition coefficient (Wildman–Crippen LogP) is 1.46. The molecule has 80 valence electrons. The smallest absolute Gasteiger partial charge is 0.288 e. The lowest BCUT2D eigenvalue weighted by Gasteiger charge is -2.04. The Bertz CT molecular complexity index is 398. The number of primary amides is 1. The number of carbonyl (C=O) groups is 1. The number of methoxy groups -OCH3 is 1. The number of nitro benzene ring substituents is 1. The fourth-order valence-electron chi connectivity index (χ4n) is 1.01. The molecule has 0 unspecified atom stereocenters. The first-order chi connectivity index (χ1) is 6.97. The number of hydrogen-bond acceptors (Lipinski definition) is 4. The number of nitro groups is 1. The minimum absolute atomic E-state index is 0.0149. The molecule has 0 aliphatic heterocycles. The van der Waals surface area contributed by atoms with Crippen LogP contribution in [0.1, 0.15) is 10.4 Å². The summed E-state index contributed by atoms with van der Waals surface area (Å²) in [5.41, 5.74) is 4.81. The number of nitrogens with zero attached hydrogens (tertiary/aromatic N) is 1. The van der Waals surface area contributed by atoms with Gasteiger partial charge in [0.25, 0.3) is 5.69 Å². The van der Waals surface area contributed by atoms with E-state index in [0.29, 0.717) is 0 Å². The molecule has 15 heavy (non-hydrogen) atoms. The molecule has 0 saturated heterocycles. The number of halogens is 1. The predicted molar refractivity (Wildman–Crippen MR) is 55.9 cm³/mol. The fraction of sp³-hybridized carbons (Fsp3) is 0.125. The van der Waals surface area contributed by atoms with E-state index >= 15 is 0 Å². The minimum Gasteiger partial charge on any atom is -0.496 e. The average molecular weight is 275 g/mol. The van der Waals surface area contributed by atoms with Crippen LogP contribution in [-0.4, -0.2) is 17.9 Å². The molecule has 0 aliphatic carbocycles. The van der Waals surface area contributed by atoms with Crippen LogP contribution in [0.4, 0.5) is 5.69 Å². The summed E-state index contributed by atoms with van der Waals surface area (Å²) in [6.45, 7) is 0. The Kier molecular flexibility index (Phi) is 3.25. The van der Waals surface area contributed by atoms with Crippen LogP contribution in [0.15, 0.2) is 16.6 Å². The van der Waals surface area contributed by atoms with Gasteiger partial charge in [0.1, 0.15) is 10.2 Å². The van der Waals surface area contributed by atoms with Crippen molar-refractivity contribution in [3.8, 4) is 5.75 Å². The summed E-state index contributed by atoms with van der Waals surface area (Å²) in [5.74, 6) is -0.553. The van der Waals surface area contributed by atoms with E-state index < -0.39 is 10.8 Å². The van der Waals surface area contributed by atoms with Crippen molar-refractivity contribution in [1.29, 1.82) is 0 Å². The monoisotopic (exact) mass is 274 g/mol. The quantitative estimate of drug-likeness (QED) is 0.667. The molecule has 0 saturated carbocycles. The van der Waals surface area contributed by atoms with Crippen molar-refractivity contribution >= 4 is 27.5 Å². The third-order valence-electron chi connectivity index (χ3n) is 1.72. The van der Waals surface area contributed by atoms with Crippen LogP contribution in [-0.2, 0) is 0 Å². The summed E-state index contributed by atoms with van der Waals surface area (Å²) in [4.78, 5) is 21.0. The van der Waals surface area contributed by atoms with Gasteiger partial charge in [0.15, 0.2) is 0 Å². The van der Waals surface area contributed by atoms with Crippen LogP contribution in [0, 0.1) is 10.1 Å². The van der Waals surface area contributed by atoms with E-state index in [1.807, 2.05) is 0 Å². The number of rotatable bonds is 3. The Labute approximate surface area is 93.3 Å². The van der Waals surface area contributed by atoms with Gasteiger partial charge in [-0.1, -0.05) is 0 Å². The largest absolute Gasteiger partial charge is 0.496 e. The number of nitrogens with two attached hydrogens (primary N) is 1. The Morgan fingerprint density at radius 2 is 2.20 bits per heavy atom. The number of benzene rings is 1. The molecule has 0 radical (unpaired) electrons. The van der Waals surface area contributed by atoms with Crippen molar-refractivity contribution in [1.82, 2.24) is 0 Å². The lowest BCUT2D eigenvalue weighted by atomic mass is 10.2. The van der Waals surface area contributed by atoms with Gasteiger partial charge in [-0.05, 0) is 22.0 Å². The summed E-state index contributed by atoms with van der Waals surface area (Å²) in [6.07, 6.45) is 0. The van der Waals surface area contributed by atoms with Gasteiger partial charge >= 0.3 is 0 Å². The van der Waals surface area contributed by atoms with Crippen molar-refractivity contribution < 1.29 is 14.5 Å². The van der Waals surface area contributed by atoms with E-state index in [2.05, 4.69) is 15.9 Å². The first kappa shape index (κ1) is 11.4. The molecule has 0 atom stereocenters. The maximum absolute atomic E-state index is 11.0. The molecule has 2 N–H and O–H groups in total. The molecule has 0 aliphatic rings. The number of amides is 1. The molecular weight excluding hydrogens is 268 g/mol. The summed E-state index contributed by atoms with van der Waals surface area (Å²) in [5, 5.41) is 10.6. The Morgan fingerprint density at radius 1 is 1.60 bits per heavy atom. The van der Waals surface area contributed by atoms with Crippen molar-refractivity contribution in [2.45, 2.75) is 0 Å². The zero-order valence-corrected chi connectivity index (χ0v) is 9.28. The Morgan fingerprint density at radius 3 is 2.60 bits per heavy atom. The van der Waals surface area contributed by atoms with Crippen molar-refractivity contribution in [3.63, 3.8) is 0 Å². The van der Waals surface area contributed by atoms with E-state index in [9.17, 15) is 14.9 Å². The van der Waals surface area contributed by atoms with Gasteiger partial charge in [0.2, 0.25) is 5.91 Å². The summed E-state index contributed by atoms with van der Waals surface area (Å²) in [7, 11) is 1.34. The standard InChI is InChI=1S/C8H7BrN2O4/c1-15-4-2-5(8(10)12)7(9)6(3-4)11(13)14/h2-3H,1H3,(H2,10,12). The second-order valence-corrected chi connectivity index (χ2v) is 3.42. The Hall–Kier alpha value is -1.63. The summed E-state index contributed by atoms with van der Waals surface area (Å²) >= 11 is 2.95. The zero-order chi connectivity index (χ0) is 11.6. The van der Waals surface area contributed by atoms with Crippen molar-refractivity contribution in [2.75, 3.05) is 7.11 Å². The maximum atomic E-state index is 11.0. The third kappa shape index (κ3) is 2.24. The molecule has 7 heteroatoms. The topological polar surface area (TPSA) is 95.5 Å². The second-order valence-electron chi connectivity index (χ2n) is 2.63. The third-order valence-corrected chi connectivity index (χ3v) is 2.56. The molecule has 6 nitrogen and oxygen atoms in total. The van der Waals surface area contributed by atoms with E-state index in [-0.39, 0.29) is 21.5 Å². The first-order valence-electron chi connectivity index (χ1n) is 3.79. The Balaban J connectivity index is 3.47. The molecule has 0 heterocycles. The highest BCUT2D eigenvalue weighted by molar-refractivity contribution is 9.10. The van der Waals surface area contributed by atoms with Crippen LogP contribution in [0.25, 0.3) is 0 Å². The highest BCUT2D eigenvalue weighted by Crippen LogP contribution is 2.32. The van der Waals surface area contributed by atoms with Crippen molar-refractivity contribution in [2.24, 2.45) is 5.73 Å². The SMILES string of the molecule is COc1cc(C(N)=O)c(Br)c([N+](=O)[O-])c1. The molecule has 1 rings (SSSR count). The van der Waals surface area contributed by atoms with Crippen LogP contribution >= 0.6 is 15.9 Å². The number of hydrogen-bond donors (Lipinski definition) is 1. The second kappa shape index (κ2) is 4.26. The molecule has 0 spiro atoms. The molecular formula is C8H7BrN2O4. The van der Waals surface area contributed by atoms with Crippen molar-refractivity contribution in [3.05, 3.63) is 32.3 Å². The van der Waals surface area contributed by atoms with Gasteiger partial charge in [0.05, 0.1) is 23.7 Å². The molecule has 0 aromatic heterocycles. The molecule has 0 bridgehead atoms. The van der Waals surface area contributed by atoms with E-state index in [1.165, 1.54) is 19.2 Å². The summed E-state index contributed by atoms with van der Waals surface area (Å²) in [6, 6.07) is 2.54. The number of ether oxygens (including phenoxy) is 1. The molecule has 1 aromatic carbocycles. The number of carbonyl (C=O) groups excluding carboxylic acids is 1. The van der Waals surface area contributed by atoms with Crippen LogP contribution < -0.4 is 10.5 Å². The maximum Gasteiger partial charge on any atom is 0.288 e. The lowest BCUT2D eigenvalue weighted by molar-refractivity contribution is -0.385. The average Bonchev–Trinajstić information content (AvgIpc) is 2.17. The van der Waals surface area contributed by atoms with Crippen LogP contribution in [0.3, 0.4) is 0 Å². The highest BCUT2D eigenvalue weighted by atomic mass is 79.9. The highest BCUT2D eigenvalue weighted by Gasteiger charge is 2.20. The first-order valence-corrected chi connectivity index (χ1v) is 4.58. The molecule has 1 amide bonds. The van der Waals surface area contributed by atoms with Gasteiger partial charge in [-0.2, -0.15) is 0 Å². The van der Waals surface area contributed by atoms with Gasteiger partial charge in [-0.3, -0.25) is 14.9 Å². The lowest BCUT2D eigenvalue weighted by Crippen LogP contribution is -2.12. The molecule has 1 aromatic rings. The normalized spacial score (nSPS) is 9.73. The van der Waals surface area contributed by atoms with Gasteiger partial charge < -0.3 is 10.5 Å².